The number of ether oxygens (including phenoxy) is 1. The third-order valence-electron chi connectivity index (χ3n) is 3.35. The second-order valence-corrected chi connectivity index (χ2v) is 4.80. The number of methoxy groups -OCH3 is 1. The molecule has 2 rings (SSSR count). The predicted molar refractivity (Wildman–Crippen MR) is 76.6 cm³/mol. The molecule has 5 nitrogen and oxygen atoms in total. The highest BCUT2D eigenvalue weighted by molar-refractivity contribution is 6.12. The Morgan fingerprint density at radius 2 is 1.85 bits per heavy atom. The van der Waals surface area contributed by atoms with Crippen LogP contribution in [0.3, 0.4) is 0 Å². The average molecular weight is 276 g/mol. The van der Waals surface area contributed by atoms with Crippen molar-refractivity contribution in [3.8, 4) is 0 Å². The summed E-state index contributed by atoms with van der Waals surface area (Å²) in [5, 5.41) is 0. The zero-order valence-electron chi connectivity index (χ0n) is 11.7. The van der Waals surface area contributed by atoms with Gasteiger partial charge in [0.25, 0.3) is 5.91 Å². The van der Waals surface area contributed by atoms with Gasteiger partial charge in [0.2, 0.25) is 0 Å². The zero-order chi connectivity index (χ0) is 14.4. The molecular weight excluding hydrogens is 256 g/mol. The van der Waals surface area contributed by atoms with Crippen LogP contribution in [0, 0.1) is 0 Å². The van der Waals surface area contributed by atoms with Crippen molar-refractivity contribution in [1.82, 2.24) is 4.90 Å². The van der Waals surface area contributed by atoms with Crippen LogP contribution in [-0.2, 0) is 9.53 Å². The number of anilines is 1. The number of carbonyl (C=O) groups excluding carboxylic acids is 2. The van der Waals surface area contributed by atoms with E-state index in [0.717, 1.165) is 31.6 Å². The van der Waals surface area contributed by atoms with Gasteiger partial charge in [-0.1, -0.05) is 18.2 Å². The van der Waals surface area contributed by atoms with E-state index < -0.39 is 0 Å². The summed E-state index contributed by atoms with van der Waals surface area (Å²) in [5.74, 6) is -0.120. The van der Waals surface area contributed by atoms with Crippen LogP contribution in [0.25, 0.3) is 0 Å². The number of rotatable bonds is 7. The van der Waals surface area contributed by atoms with E-state index in [1.165, 1.54) is 9.80 Å². The van der Waals surface area contributed by atoms with Crippen molar-refractivity contribution in [3.63, 3.8) is 0 Å². The summed E-state index contributed by atoms with van der Waals surface area (Å²) in [7, 11) is 1.67. The number of hydrogen-bond acceptors (Lipinski definition) is 3. The zero-order valence-corrected chi connectivity index (χ0v) is 11.7. The number of urea groups is 1. The van der Waals surface area contributed by atoms with Gasteiger partial charge in [-0.15, -0.1) is 0 Å². The first-order valence-corrected chi connectivity index (χ1v) is 6.90. The SMILES string of the molecule is COCCCCCN1C(=O)CN(c2ccccc2)C1=O. The first-order chi connectivity index (χ1) is 9.74. The topological polar surface area (TPSA) is 49.9 Å². The van der Waals surface area contributed by atoms with Gasteiger partial charge in [0, 0.05) is 25.9 Å². The summed E-state index contributed by atoms with van der Waals surface area (Å²) < 4.78 is 4.98. The van der Waals surface area contributed by atoms with Crippen molar-refractivity contribution in [2.75, 3.05) is 31.7 Å². The Hall–Kier alpha value is -1.88. The van der Waals surface area contributed by atoms with Crippen molar-refractivity contribution < 1.29 is 14.3 Å². The summed E-state index contributed by atoms with van der Waals surface area (Å²) >= 11 is 0. The molecule has 0 aromatic heterocycles. The smallest absolute Gasteiger partial charge is 0.331 e. The first kappa shape index (κ1) is 14.5. The van der Waals surface area contributed by atoms with Crippen LogP contribution in [0.2, 0.25) is 0 Å². The minimum Gasteiger partial charge on any atom is -0.385 e. The van der Waals surface area contributed by atoms with Gasteiger partial charge in [0.05, 0.1) is 0 Å². The fourth-order valence-electron chi connectivity index (χ4n) is 2.26. The molecule has 1 heterocycles. The van der Waals surface area contributed by atoms with Crippen molar-refractivity contribution in [3.05, 3.63) is 30.3 Å². The molecule has 1 fully saturated rings. The number of amides is 3. The van der Waals surface area contributed by atoms with E-state index >= 15 is 0 Å². The van der Waals surface area contributed by atoms with Crippen LogP contribution < -0.4 is 4.90 Å². The minimum absolute atomic E-state index is 0.120. The van der Waals surface area contributed by atoms with Gasteiger partial charge in [-0.05, 0) is 31.4 Å². The van der Waals surface area contributed by atoms with Crippen molar-refractivity contribution in [2.24, 2.45) is 0 Å². The molecule has 0 spiro atoms. The van der Waals surface area contributed by atoms with Crippen LogP contribution >= 0.6 is 0 Å². The van der Waals surface area contributed by atoms with Crippen LogP contribution in [0.1, 0.15) is 19.3 Å². The van der Waals surface area contributed by atoms with Gasteiger partial charge in [0.15, 0.2) is 0 Å². The normalized spacial score (nSPS) is 15.2. The highest BCUT2D eigenvalue weighted by Gasteiger charge is 2.36. The second kappa shape index (κ2) is 7.05. The van der Waals surface area contributed by atoms with E-state index in [0.29, 0.717) is 6.54 Å². The van der Waals surface area contributed by atoms with E-state index in [4.69, 9.17) is 4.74 Å². The molecule has 3 amide bonds. The third kappa shape index (κ3) is 3.36. The lowest BCUT2D eigenvalue weighted by Crippen LogP contribution is -2.33. The molecule has 5 heteroatoms. The lowest BCUT2D eigenvalue weighted by molar-refractivity contribution is -0.124. The maximum atomic E-state index is 12.2. The largest absolute Gasteiger partial charge is 0.385 e. The Balaban J connectivity index is 1.89. The summed E-state index contributed by atoms with van der Waals surface area (Å²) in [6, 6.07) is 9.08. The summed E-state index contributed by atoms with van der Waals surface area (Å²) in [6.07, 6.45) is 2.73. The molecule has 1 aliphatic rings. The molecular formula is C15H20N2O3. The van der Waals surface area contributed by atoms with Crippen molar-refractivity contribution in [2.45, 2.75) is 19.3 Å². The highest BCUT2D eigenvalue weighted by atomic mass is 16.5. The van der Waals surface area contributed by atoms with Gasteiger partial charge in [0.1, 0.15) is 6.54 Å². The van der Waals surface area contributed by atoms with E-state index in [-0.39, 0.29) is 18.5 Å². The lowest BCUT2D eigenvalue weighted by Gasteiger charge is -2.17. The summed E-state index contributed by atoms with van der Waals surface area (Å²) in [4.78, 5) is 27.0. The van der Waals surface area contributed by atoms with E-state index in [1.807, 2.05) is 30.3 Å². The van der Waals surface area contributed by atoms with Crippen LogP contribution in [0.4, 0.5) is 10.5 Å². The highest BCUT2D eigenvalue weighted by Crippen LogP contribution is 2.20. The molecule has 0 saturated carbocycles. The van der Waals surface area contributed by atoms with Crippen molar-refractivity contribution >= 4 is 17.6 Å². The van der Waals surface area contributed by atoms with Gasteiger partial charge < -0.3 is 4.74 Å². The third-order valence-corrected chi connectivity index (χ3v) is 3.35. The fourth-order valence-corrected chi connectivity index (χ4v) is 2.26. The quantitative estimate of drug-likeness (QED) is 0.567. The Kier molecular flexibility index (Phi) is 5.12. The number of nitrogens with zero attached hydrogens (tertiary/aromatic N) is 2. The van der Waals surface area contributed by atoms with Gasteiger partial charge in [-0.2, -0.15) is 0 Å². The Morgan fingerprint density at radius 1 is 1.10 bits per heavy atom. The fraction of sp³-hybridized carbons (Fsp3) is 0.467. The lowest BCUT2D eigenvalue weighted by atomic mass is 10.2. The predicted octanol–water partition coefficient (Wildman–Crippen LogP) is 2.27. The monoisotopic (exact) mass is 276 g/mol. The van der Waals surface area contributed by atoms with Crippen LogP contribution in [0.15, 0.2) is 30.3 Å². The molecule has 20 heavy (non-hydrogen) atoms. The molecule has 108 valence electrons. The molecule has 1 aromatic rings. The number of para-hydroxylation sites is 1. The molecule has 1 aliphatic heterocycles. The molecule has 0 radical (unpaired) electrons. The number of benzene rings is 1. The van der Waals surface area contributed by atoms with Crippen LogP contribution in [-0.4, -0.2) is 43.6 Å². The van der Waals surface area contributed by atoms with Gasteiger partial charge in [-0.3, -0.25) is 14.6 Å². The number of unbranched alkanes of at least 4 members (excludes halogenated alkanes) is 2. The first-order valence-electron chi connectivity index (χ1n) is 6.90. The van der Waals surface area contributed by atoms with Gasteiger partial charge in [-0.25, -0.2) is 4.79 Å². The average Bonchev–Trinajstić information content (AvgIpc) is 2.75. The maximum absolute atomic E-state index is 12.2. The molecule has 0 aliphatic carbocycles. The Morgan fingerprint density at radius 3 is 2.55 bits per heavy atom. The van der Waals surface area contributed by atoms with E-state index in [1.54, 1.807) is 7.11 Å². The number of imide groups is 1. The molecule has 0 bridgehead atoms. The van der Waals surface area contributed by atoms with Gasteiger partial charge >= 0.3 is 6.03 Å². The maximum Gasteiger partial charge on any atom is 0.331 e. The Labute approximate surface area is 119 Å². The Bertz CT molecular complexity index is 461. The molecule has 0 unspecified atom stereocenters. The van der Waals surface area contributed by atoms with Crippen LogP contribution in [0.5, 0.6) is 0 Å². The summed E-state index contributed by atoms with van der Waals surface area (Å²) in [5.41, 5.74) is 0.771. The second-order valence-electron chi connectivity index (χ2n) is 4.80. The molecule has 0 atom stereocenters. The van der Waals surface area contributed by atoms with E-state index in [2.05, 4.69) is 0 Å². The standard InChI is InChI=1S/C15H20N2O3/c1-20-11-7-3-6-10-16-14(18)12-17(15(16)19)13-8-4-2-5-9-13/h2,4-5,8-9H,3,6-7,10-12H2,1H3. The van der Waals surface area contributed by atoms with E-state index in [9.17, 15) is 9.59 Å². The molecule has 0 N–H and O–H groups in total. The number of carbonyl (C=O) groups is 2. The minimum atomic E-state index is -0.215. The molecule has 1 saturated heterocycles. The summed E-state index contributed by atoms with van der Waals surface area (Å²) in [6.45, 7) is 1.35. The molecule has 1 aromatic carbocycles. The number of hydrogen-bond donors (Lipinski definition) is 0. The van der Waals surface area contributed by atoms with Crippen molar-refractivity contribution in [1.29, 1.82) is 0 Å².